The molecular weight excluding hydrogens is 204 g/mol. The molecule has 4 N–H and O–H groups in total. The Morgan fingerprint density at radius 2 is 2.06 bits per heavy atom. The molecule has 0 saturated heterocycles. The molecule has 4 heteroatoms. The van der Waals surface area contributed by atoms with Gasteiger partial charge in [-0.25, -0.2) is 0 Å². The van der Waals surface area contributed by atoms with Gasteiger partial charge >= 0.3 is 0 Å². The van der Waals surface area contributed by atoms with Gasteiger partial charge in [-0.05, 0) is 19.3 Å². The summed E-state index contributed by atoms with van der Waals surface area (Å²) in [5, 5.41) is 12.7. The SMILES string of the molecule is CCC(NCC1(CO)CCCCC1)C(N)=O. The summed E-state index contributed by atoms with van der Waals surface area (Å²) < 4.78 is 0. The summed E-state index contributed by atoms with van der Waals surface area (Å²) in [6.07, 6.45) is 6.41. The molecule has 0 spiro atoms. The first-order valence-electron chi connectivity index (χ1n) is 6.27. The number of hydrogen-bond donors (Lipinski definition) is 3. The molecule has 0 aromatic rings. The Bertz CT molecular complexity index is 225. The fraction of sp³-hybridized carbons (Fsp3) is 0.917. The van der Waals surface area contributed by atoms with Crippen LogP contribution in [0.5, 0.6) is 0 Å². The van der Waals surface area contributed by atoms with E-state index in [0.29, 0.717) is 13.0 Å². The minimum absolute atomic E-state index is 0.0267. The molecule has 1 atom stereocenters. The maximum absolute atomic E-state index is 11.1. The van der Waals surface area contributed by atoms with Crippen LogP contribution in [-0.4, -0.2) is 30.2 Å². The lowest BCUT2D eigenvalue weighted by molar-refractivity contribution is -0.120. The van der Waals surface area contributed by atoms with Crippen molar-refractivity contribution in [3.05, 3.63) is 0 Å². The van der Waals surface area contributed by atoms with Gasteiger partial charge < -0.3 is 16.2 Å². The summed E-state index contributed by atoms with van der Waals surface area (Å²) in [5.74, 6) is -0.300. The van der Waals surface area contributed by atoms with Gasteiger partial charge in [-0.3, -0.25) is 4.79 Å². The van der Waals surface area contributed by atoms with Gasteiger partial charge in [-0.15, -0.1) is 0 Å². The number of primary amides is 1. The number of carbonyl (C=O) groups excluding carboxylic acids is 1. The minimum atomic E-state index is -0.300. The van der Waals surface area contributed by atoms with Gasteiger partial charge in [-0.1, -0.05) is 26.2 Å². The van der Waals surface area contributed by atoms with E-state index in [-0.39, 0.29) is 24.0 Å². The molecule has 1 fully saturated rings. The monoisotopic (exact) mass is 228 g/mol. The highest BCUT2D eigenvalue weighted by Gasteiger charge is 2.32. The number of nitrogens with one attached hydrogen (secondary N) is 1. The Hall–Kier alpha value is -0.610. The molecule has 1 amide bonds. The van der Waals surface area contributed by atoms with Gasteiger partial charge in [0, 0.05) is 18.6 Å². The Morgan fingerprint density at radius 3 is 2.50 bits per heavy atom. The minimum Gasteiger partial charge on any atom is -0.396 e. The lowest BCUT2D eigenvalue weighted by atomic mass is 9.74. The van der Waals surface area contributed by atoms with E-state index in [9.17, 15) is 9.90 Å². The third-order valence-corrected chi connectivity index (χ3v) is 3.72. The zero-order valence-corrected chi connectivity index (χ0v) is 10.2. The lowest BCUT2D eigenvalue weighted by Gasteiger charge is -2.36. The van der Waals surface area contributed by atoms with Crippen molar-refractivity contribution in [2.45, 2.75) is 51.5 Å². The van der Waals surface area contributed by atoms with E-state index >= 15 is 0 Å². The van der Waals surface area contributed by atoms with Crippen LogP contribution in [0.4, 0.5) is 0 Å². The highest BCUT2D eigenvalue weighted by Crippen LogP contribution is 2.35. The van der Waals surface area contributed by atoms with Gasteiger partial charge in [0.2, 0.25) is 5.91 Å². The Balaban J connectivity index is 2.46. The topological polar surface area (TPSA) is 75.3 Å². The Morgan fingerprint density at radius 1 is 1.44 bits per heavy atom. The van der Waals surface area contributed by atoms with Crippen LogP contribution < -0.4 is 11.1 Å². The number of nitrogens with two attached hydrogens (primary N) is 1. The van der Waals surface area contributed by atoms with Crippen molar-refractivity contribution in [3.63, 3.8) is 0 Å². The van der Waals surface area contributed by atoms with Crippen molar-refractivity contribution in [3.8, 4) is 0 Å². The van der Waals surface area contributed by atoms with Gasteiger partial charge in [0.05, 0.1) is 6.04 Å². The summed E-state index contributed by atoms with van der Waals surface area (Å²) in [5.41, 5.74) is 5.26. The second kappa shape index (κ2) is 6.21. The predicted octanol–water partition coefficient (Wildman–Crippen LogP) is 0.783. The molecule has 0 aliphatic heterocycles. The molecule has 0 bridgehead atoms. The largest absolute Gasteiger partial charge is 0.396 e. The van der Waals surface area contributed by atoms with Crippen LogP contribution in [0, 0.1) is 5.41 Å². The van der Waals surface area contributed by atoms with Crippen molar-refractivity contribution in [1.82, 2.24) is 5.32 Å². The number of rotatable bonds is 6. The van der Waals surface area contributed by atoms with Crippen LogP contribution in [0.25, 0.3) is 0 Å². The number of carbonyl (C=O) groups is 1. The average Bonchev–Trinajstić information content (AvgIpc) is 2.30. The first kappa shape index (κ1) is 13.5. The fourth-order valence-corrected chi connectivity index (χ4v) is 2.48. The first-order valence-corrected chi connectivity index (χ1v) is 6.27. The van der Waals surface area contributed by atoms with E-state index in [2.05, 4.69) is 5.32 Å². The molecule has 1 aliphatic carbocycles. The Kier molecular flexibility index (Phi) is 5.22. The van der Waals surface area contributed by atoms with Gasteiger partial charge in [0.15, 0.2) is 0 Å². The number of hydrogen-bond acceptors (Lipinski definition) is 3. The lowest BCUT2D eigenvalue weighted by Crippen LogP contribution is -2.47. The third kappa shape index (κ3) is 3.46. The molecule has 0 aromatic heterocycles. The van der Waals surface area contributed by atoms with Crippen molar-refractivity contribution < 1.29 is 9.90 Å². The Labute approximate surface area is 97.6 Å². The summed E-state index contributed by atoms with van der Waals surface area (Å²) in [7, 11) is 0. The molecule has 1 unspecified atom stereocenters. The molecular formula is C12H24N2O2. The zero-order chi connectivity index (χ0) is 12.0. The van der Waals surface area contributed by atoms with Crippen LogP contribution in [0.15, 0.2) is 0 Å². The van der Waals surface area contributed by atoms with Gasteiger partial charge in [0.25, 0.3) is 0 Å². The van der Waals surface area contributed by atoms with E-state index < -0.39 is 0 Å². The molecule has 4 nitrogen and oxygen atoms in total. The van der Waals surface area contributed by atoms with Crippen LogP contribution in [-0.2, 0) is 4.79 Å². The van der Waals surface area contributed by atoms with Crippen molar-refractivity contribution >= 4 is 5.91 Å². The predicted molar refractivity (Wildman–Crippen MR) is 63.9 cm³/mol. The highest BCUT2D eigenvalue weighted by atomic mass is 16.3. The summed E-state index contributed by atoms with van der Waals surface area (Å²) in [4.78, 5) is 11.1. The standard InChI is InChI=1S/C12H24N2O2/c1-2-10(11(13)16)14-8-12(9-15)6-4-3-5-7-12/h10,14-15H,2-9H2,1H3,(H2,13,16). The second-order valence-electron chi connectivity index (χ2n) is 4.96. The average molecular weight is 228 g/mol. The zero-order valence-electron chi connectivity index (χ0n) is 10.2. The second-order valence-corrected chi connectivity index (χ2v) is 4.96. The molecule has 0 radical (unpaired) electrons. The molecule has 0 aromatic carbocycles. The number of amides is 1. The van der Waals surface area contributed by atoms with E-state index in [1.165, 1.54) is 19.3 Å². The normalized spacial score (nSPS) is 21.6. The number of aliphatic hydroxyl groups is 1. The van der Waals surface area contributed by atoms with Gasteiger partial charge in [0.1, 0.15) is 0 Å². The van der Waals surface area contributed by atoms with E-state index in [4.69, 9.17) is 5.73 Å². The maximum Gasteiger partial charge on any atom is 0.234 e. The summed E-state index contributed by atoms with van der Waals surface area (Å²) in [6, 6.07) is -0.259. The molecule has 1 aliphatic rings. The summed E-state index contributed by atoms with van der Waals surface area (Å²) in [6.45, 7) is 2.84. The number of aliphatic hydroxyl groups excluding tert-OH is 1. The summed E-state index contributed by atoms with van der Waals surface area (Å²) >= 11 is 0. The van der Waals surface area contributed by atoms with Crippen molar-refractivity contribution in [1.29, 1.82) is 0 Å². The smallest absolute Gasteiger partial charge is 0.234 e. The van der Waals surface area contributed by atoms with Crippen LogP contribution in [0.2, 0.25) is 0 Å². The van der Waals surface area contributed by atoms with E-state index in [1.54, 1.807) is 0 Å². The van der Waals surface area contributed by atoms with Gasteiger partial charge in [-0.2, -0.15) is 0 Å². The van der Waals surface area contributed by atoms with Crippen LogP contribution in [0.3, 0.4) is 0 Å². The van der Waals surface area contributed by atoms with E-state index in [0.717, 1.165) is 12.8 Å². The molecule has 94 valence electrons. The molecule has 1 saturated carbocycles. The van der Waals surface area contributed by atoms with Crippen molar-refractivity contribution in [2.75, 3.05) is 13.2 Å². The third-order valence-electron chi connectivity index (χ3n) is 3.72. The fourth-order valence-electron chi connectivity index (χ4n) is 2.48. The highest BCUT2D eigenvalue weighted by molar-refractivity contribution is 5.79. The van der Waals surface area contributed by atoms with Crippen LogP contribution in [0.1, 0.15) is 45.4 Å². The van der Waals surface area contributed by atoms with Crippen LogP contribution >= 0.6 is 0 Å². The first-order chi connectivity index (χ1) is 7.63. The molecule has 1 rings (SSSR count). The quantitative estimate of drug-likeness (QED) is 0.629. The molecule has 0 heterocycles. The molecule has 16 heavy (non-hydrogen) atoms. The van der Waals surface area contributed by atoms with E-state index in [1.807, 2.05) is 6.92 Å². The maximum atomic E-state index is 11.1. The van der Waals surface area contributed by atoms with Crippen molar-refractivity contribution in [2.24, 2.45) is 11.1 Å².